The van der Waals surface area contributed by atoms with Crippen molar-refractivity contribution in [3.63, 3.8) is 0 Å². The Kier molecular flexibility index (Phi) is 7.02. The smallest absolute Gasteiger partial charge is 0.321 e. The van der Waals surface area contributed by atoms with Gasteiger partial charge in [-0.15, -0.1) is 0 Å². The molecule has 1 rings (SSSR count). The van der Waals surface area contributed by atoms with Crippen molar-refractivity contribution in [3.05, 3.63) is 23.2 Å². The fourth-order valence-corrected chi connectivity index (χ4v) is 1.51. The van der Waals surface area contributed by atoms with Crippen molar-refractivity contribution in [2.24, 2.45) is 0 Å². The molecule has 0 bridgehead atoms. The van der Waals surface area contributed by atoms with Crippen LogP contribution in [0.1, 0.15) is 0 Å². The van der Waals surface area contributed by atoms with Crippen LogP contribution < -0.4 is 15.4 Å². The summed E-state index contributed by atoms with van der Waals surface area (Å²) < 4.78 is 14.9. The number of anilines is 1. The summed E-state index contributed by atoms with van der Waals surface area (Å²) in [4.78, 5) is 11.5. The van der Waals surface area contributed by atoms with Gasteiger partial charge in [0.05, 0.1) is 25.3 Å². The molecule has 7 heteroatoms. The minimum absolute atomic E-state index is 0.110. The number of amides is 2. The number of carbonyl (C=O) groups is 1. The van der Waals surface area contributed by atoms with Crippen LogP contribution in [-0.4, -0.2) is 40.2 Å². The van der Waals surface area contributed by atoms with Crippen molar-refractivity contribution in [3.8, 4) is 5.75 Å². The maximum absolute atomic E-state index is 11.5. The molecule has 0 aliphatic rings. The number of halogens is 1. The number of hydrogen-bond acceptors (Lipinski definition) is 4. The van der Waals surface area contributed by atoms with E-state index < -0.39 is 0 Å². The molecule has 2 amide bonds. The maximum Gasteiger partial charge on any atom is 0.321 e. The van der Waals surface area contributed by atoms with Gasteiger partial charge in [-0.05, 0) is 18.2 Å². The Morgan fingerprint density at radius 2 is 2.11 bits per heavy atom. The van der Waals surface area contributed by atoms with Gasteiger partial charge in [-0.3, -0.25) is 0 Å². The third kappa shape index (κ3) is 5.78. The molecule has 1 aromatic rings. The Balaban J connectivity index is 2.34. The quantitative estimate of drug-likeness (QED) is 0.595. The van der Waals surface area contributed by atoms with Crippen molar-refractivity contribution >= 4 is 23.3 Å². The van der Waals surface area contributed by atoms with Gasteiger partial charge < -0.3 is 24.8 Å². The normalized spacial score (nSPS) is 10.1. The molecular formula is C12H17ClN2O4. The Bertz CT molecular complexity index is 415. The summed E-state index contributed by atoms with van der Waals surface area (Å²) in [7, 11) is 3.11. The zero-order valence-electron chi connectivity index (χ0n) is 10.9. The third-order valence-electron chi connectivity index (χ3n) is 2.18. The van der Waals surface area contributed by atoms with E-state index >= 15 is 0 Å². The van der Waals surface area contributed by atoms with Crippen molar-refractivity contribution in [2.75, 3.05) is 39.5 Å². The van der Waals surface area contributed by atoms with Gasteiger partial charge in [0, 0.05) is 12.8 Å². The number of methoxy groups -OCH3 is 2. The molecule has 106 valence electrons. The van der Waals surface area contributed by atoms with Crippen LogP contribution in [0.5, 0.6) is 5.75 Å². The van der Waals surface area contributed by atoms with Gasteiger partial charge in [-0.1, -0.05) is 11.6 Å². The van der Waals surface area contributed by atoms with E-state index in [0.717, 1.165) is 0 Å². The molecule has 0 radical (unpaired) electrons. The van der Waals surface area contributed by atoms with Gasteiger partial charge in [-0.25, -0.2) is 4.79 Å². The monoisotopic (exact) mass is 288 g/mol. The van der Waals surface area contributed by atoms with Crippen LogP contribution in [0.3, 0.4) is 0 Å². The Hall–Kier alpha value is -1.50. The second kappa shape index (κ2) is 8.58. The zero-order chi connectivity index (χ0) is 14.1. The second-order valence-corrected chi connectivity index (χ2v) is 3.93. The first-order valence-corrected chi connectivity index (χ1v) is 6.00. The average molecular weight is 289 g/mol. The lowest BCUT2D eigenvalue weighted by Gasteiger charge is -2.09. The Morgan fingerprint density at radius 3 is 2.74 bits per heavy atom. The Morgan fingerprint density at radius 1 is 1.32 bits per heavy atom. The molecule has 19 heavy (non-hydrogen) atoms. The van der Waals surface area contributed by atoms with E-state index in [1.165, 1.54) is 7.11 Å². The van der Waals surface area contributed by atoms with E-state index in [4.69, 9.17) is 25.8 Å². The molecule has 0 unspecified atom stereocenters. The van der Waals surface area contributed by atoms with E-state index in [2.05, 4.69) is 10.6 Å². The van der Waals surface area contributed by atoms with Gasteiger partial charge in [-0.2, -0.15) is 0 Å². The van der Waals surface area contributed by atoms with Gasteiger partial charge in [0.1, 0.15) is 12.5 Å². The average Bonchev–Trinajstić information content (AvgIpc) is 2.39. The topological polar surface area (TPSA) is 68.8 Å². The predicted molar refractivity (Wildman–Crippen MR) is 72.9 cm³/mol. The standard InChI is InChI=1S/C12H17ClN2O4/c1-17-5-6-19-8-14-12(16)15-9-3-4-11(18-2)10(13)7-9/h3-4,7H,5-6,8H2,1-2H3,(H2,14,15,16). The molecule has 2 N–H and O–H groups in total. The number of carbonyl (C=O) groups excluding carboxylic acids is 1. The molecular weight excluding hydrogens is 272 g/mol. The summed E-state index contributed by atoms with van der Waals surface area (Å²) in [6, 6.07) is 4.59. The van der Waals surface area contributed by atoms with Crippen LogP contribution in [0.2, 0.25) is 5.02 Å². The summed E-state index contributed by atoms with van der Waals surface area (Å²) in [5, 5.41) is 5.59. The molecule has 0 atom stereocenters. The third-order valence-corrected chi connectivity index (χ3v) is 2.47. The summed E-state index contributed by atoms with van der Waals surface area (Å²) >= 11 is 5.94. The Labute approximate surface area is 117 Å². The number of nitrogens with one attached hydrogen (secondary N) is 2. The van der Waals surface area contributed by atoms with Crippen LogP contribution in [0.4, 0.5) is 10.5 Å². The second-order valence-electron chi connectivity index (χ2n) is 3.53. The van der Waals surface area contributed by atoms with Gasteiger partial charge in [0.15, 0.2) is 0 Å². The molecule has 0 saturated heterocycles. The van der Waals surface area contributed by atoms with Crippen LogP contribution in [0, 0.1) is 0 Å². The largest absolute Gasteiger partial charge is 0.495 e. The predicted octanol–water partition coefficient (Wildman–Crippen LogP) is 2.09. The van der Waals surface area contributed by atoms with Gasteiger partial charge >= 0.3 is 6.03 Å². The molecule has 0 aliphatic heterocycles. The lowest BCUT2D eigenvalue weighted by atomic mass is 10.3. The first-order chi connectivity index (χ1) is 9.17. The van der Waals surface area contributed by atoms with Gasteiger partial charge in [0.25, 0.3) is 0 Å². The van der Waals surface area contributed by atoms with E-state index in [9.17, 15) is 4.79 Å². The number of rotatable bonds is 7. The zero-order valence-corrected chi connectivity index (χ0v) is 11.6. The van der Waals surface area contributed by atoms with Crippen molar-refractivity contribution in [1.82, 2.24) is 5.32 Å². The highest BCUT2D eigenvalue weighted by molar-refractivity contribution is 6.32. The van der Waals surface area contributed by atoms with Crippen LogP contribution in [0.25, 0.3) is 0 Å². The molecule has 0 saturated carbocycles. The molecule has 1 aromatic carbocycles. The van der Waals surface area contributed by atoms with E-state index in [0.29, 0.717) is 29.7 Å². The molecule has 0 aliphatic carbocycles. The number of hydrogen-bond donors (Lipinski definition) is 2. The number of ether oxygens (including phenoxy) is 3. The summed E-state index contributed by atoms with van der Waals surface area (Å²) in [5.74, 6) is 0.551. The lowest BCUT2D eigenvalue weighted by molar-refractivity contribution is 0.0650. The molecule has 0 spiro atoms. The fraction of sp³-hybridized carbons (Fsp3) is 0.417. The van der Waals surface area contributed by atoms with E-state index in [1.54, 1.807) is 25.3 Å². The molecule has 0 heterocycles. The highest BCUT2D eigenvalue weighted by Gasteiger charge is 2.04. The van der Waals surface area contributed by atoms with E-state index in [-0.39, 0.29) is 12.8 Å². The summed E-state index contributed by atoms with van der Waals surface area (Å²) in [6.07, 6.45) is 0. The van der Waals surface area contributed by atoms with Crippen LogP contribution in [-0.2, 0) is 9.47 Å². The first kappa shape index (κ1) is 15.6. The van der Waals surface area contributed by atoms with Crippen molar-refractivity contribution in [1.29, 1.82) is 0 Å². The van der Waals surface area contributed by atoms with Crippen molar-refractivity contribution in [2.45, 2.75) is 0 Å². The van der Waals surface area contributed by atoms with Crippen molar-refractivity contribution < 1.29 is 19.0 Å². The number of urea groups is 1. The first-order valence-electron chi connectivity index (χ1n) is 5.62. The van der Waals surface area contributed by atoms with E-state index in [1.807, 2.05) is 0 Å². The lowest BCUT2D eigenvalue weighted by Crippen LogP contribution is -2.31. The SMILES string of the molecule is COCCOCNC(=O)Nc1ccc(OC)c(Cl)c1. The maximum atomic E-state index is 11.5. The number of benzene rings is 1. The molecule has 0 aromatic heterocycles. The summed E-state index contributed by atoms with van der Waals surface area (Å²) in [5.41, 5.74) is 0.570. The summed E-state index contributed by atoms with van der Waals surface area (Å²) in [6.45, 7) is 1.02. The highest BCUT2D eigenvalue weighted by atomic mass is 35.5. The van der Waals surface area contributed by atoms with Crippen LogP contribution in [0.15, 0.2) is 18.2 Å². The van der Waals surface area contributed by atoms with Gasteiger partial charge in [0.2, 0.25) is 0 Å². The fourth-order valence-electron chi connectivity index (χ4n) is 1.25. The minimum Gasteiger partial charge on any atom is -0.495 e. The van der Waals surface area contributed by atoms with Crippen LogP contribution >= 0.6 is 11.6 Å². The molecule has 0 fully saturated rings. The minimum atomic E-state index is -0.376. The molecule has 6 nitrogen and oxygen atoms in total. The highest BCUT2D eigenvalue weighted by Crippen LogP contribution is 2.26.